The van der Waals surface area contributed by atoms with Gasteiger partial charge < -0.3 is 15.5 Å². The van der Waals surface area contributed by atoms with Crippen molar-refractivity contribution in [1.82, 2.24) is 9.80 Å². The molecule has 0 radical (unpaired) electrons. The molecule has 1 saturated heterocycles. The van der Waals surface area contributed by atoms with Crippen LogP contribution in [-0.4, -0.2) is 55.0 Å². The third-order valence-electron chi connectivity index (χ3n) is 3.45. The molecule has 1 atom stereocenters. The van der Waals surface area contributed by atoms with Gasteiger partial charge in [-0.1, -0.05) is 0 Å². The lowest BCUT2D eigenvalue weighted by Crippen LogP contribution is -2.56. The lowest BCUT2D eigenvalue weighted by molar-refractivity contribution is 0.0515. The second kappa shape index (κ2) is 5.80. The van der Waals surface area contributed by atoms with Crippen LogP contribution in [0.5, 0.6) is 0 Å². The lowest BCUT2D eigenvalue weighted by atomic mass is 10.1. The molecule has 0 aromatic heterocycles. The monoisotopic (exact) mass is 287 g/mol. The van der Waals surface area contributed by atoms with E-state index in [1.165, 1.54) is 4.90 Å². The van der Waals surface area contributed by atoms with Crippen molar-refractivity contribution in [2.75, 3.05) is 33.2 Å². The van der Waals surface area contributed by atoms with Gasteiger partial charge in [-0.3, -0.25) is 4.79 Å². The summed E-state index contributed by atoms with van der Waals surface area (Å²) in [6, 6.07) is 1.21. The summed E-state index contributed by atoms with van der Waals surface area (Å²) in [5, 5.41) is 0. The first-order chi connectivity index (χ1) is 9.43. The molecule has 1 amide bonds. The molecule has 2 N–H and O–H groups in total. The Balaban J connectivity index is 2.26. The molecule has 1 aromatic rings. The fourth-order valence-corrected chi connectivity index (χ4v) is 2.32. The minimum atomic E-state index is -1.57. The van der Waals surface area contributed by atoms with Crippen molar-refractivity contribution in [2.24, 2.45) is 5.73 Å². The summed E-state index contributed by atoms with van der Waals surface area (Å²) < 4.78 is 39.3. The first-order valence-corrected chi connectivity index (χ1v) is 6.28. The number of hydrogen-bond donors (Lipinski definition) is 1. The van der Waals surface area contributed by atoms with E-state index in [9.17, 15) is 18.0 Å². The van der Waals surface area contributed by atoms with Crippen molar-refractivity contribution in [3.8, 4) is 0 Å². The van der Waals surface area contributed by atoms with Gasteiger partial charge >= 0.3 is 0 Å². The molecule has 4 nitrogen and oxygen atoms in total. The summed E-state index contributed by atoms with van der Waals surface area (Å²) in [6.07, 6.45) is 0. The summed E-state index contributed by atoms with van der Waals surface area (Å²) in [6.45, 7) is 1.91. The molecule has 2 rings (SSSR count). The summed E-state index contributed by atoms with van der Waals surface area (Å²) in [5.74, 6) is -4.85. The average molecular weight is 287 g/mol. The highest BCUT2D eigenvalue weighted by molar-refractivity contribution is 5.94. The standard InChI is InChI=1S/C13H16F3N3O/c1-18-2-3-19(9(6-17)7-18)13(20)8-4-10(14)12(16)11(15)5-8/h4-5,9H,2-3,6-7,17H2,1H3. The molecule has 0 bridgehead atoms. The van der Waals surface area contributed by atoms with Crippen molar-refractivity contribution < 1.29 is 18.0 Å². The molecular formula is C13H16F3N3O. The molecule has 1 aliphatic rings. The number of carbonyl (C=O) groups is 1. The van der Waals surface area contributed by atoms with E-state index in [1.807, 2.05) is 11.9 Å². The minimum Gasteiger partial charge on any atom is -0.332 e. The normalized spacial score (nSPS) is 20.2. The summed E-state index contributed by atoms with van der Waals surface area (Å²) in [5.41, 5.74) is 5.42. The molecule has 1 fully saturated rings. The maximum atomic E-state index is 13.2. The fraction of sp³-hybridized carbons (Fsp3) is 0.462. The lowest BCUT2D eigenvalue weighted by Gasteiger charge is -2.39. The molecule has 0 spiro atoms. The third kappa shape index (κ3) is 2.78. The molecule has 110 valence electrons. The smallest absolute Gasteiger partial charge is 0.254 e. The Morgan fingerprint density at radius 3 is 2.45 bits per heavy atom. The van der Waals surface area contributed by atoms with E-state index in [1.54, 1.807) is 0 Å². The molecule has 1 unspecified atom stereocenters. The highest BCUT2D eigenvalue weighted by Crippen LogP contribution is 2.17. The second-order valence-corrected chi connectivity index (χ2v) is 4.90. The van der Waals surface area contributed by atoms with Crippen LogP contribution in [0.2, 0.25) is 0 Å². The number of nitrogens with two attached hydrogens (primary N) is 1. The molecule has 20 heavy (non-hydrogen) atoms. The molecule has 7 heteroatoms. The topological polar surface area (TPSA) is 49.6 Å². The van der Waals surface area contributed by atoms with Gasteiger partial charge in [-0.2, -0.15) is 0 Å². The van der Waals surface area contributed by atoms with Crippen LogP contribution in [-0.2, 0) is 0 Å². The Hall–Kier alpha value is -1.60. The average Bonchev–Trinajstić information content (AvgIpc) is 2.43. The van der Waals surface area contributed by atoms with Crippen LogP contribution in [0.15, 0.2) is 12.1 Å². The van der Waals surface area contributed by atoms with Gasteiger partial charge in [-0.15, -0.1) is 0 Å². The van der Waals surface area contributed by atoms with Gasteiger partial charge in [0, 0.05) is 31.7 Å². The zero-order chi connectivity index (χ0) is 14.9. The van der Waals surface area contributed by atoms with Crippen molar-refractivity contribution in [3.05, 3.63) is 35.1 Å². The van der Waals surface area contributed by atoms with Gasteiger partial charge in [0.25, 0.3) is 5.91 Å². The molecular weight excluding hydrogens is 271 g/mol. The zero-order valence-corrected chi connectivity index (χ0v) is 11.1. The van der Waals surface area contributed by atoms with Crippen LogP contribution < -0.4 is 5.73 Å². The zero-order valence-electron chi connectivity index (χ0n) is 11.1. The van der Waals surface area contributed by atoms with Crippen LogP contribution in [0.4, 0.5) is 13.2 Å². The van der Waals surface area contributed by atoms with E-state index in [0.717, 1.165) is 0 Å². The van der Waals surface area contributed by atoms with Gasteiger partial charge in [0.15, 0.2) is 17.5 Å². The van der Waals surface area contributed by atoms with Gasteiger partial charge in [0.2, 0.25) is 0 Å². The highest BCUT2D eigenvalue weighted by Gasteiger charge is 2.29. The predicted molar refractivity (Wildman–Crippen MR) is 67.7 cm³/mol. The quantitative estimate of drug-likeness (QED) is 0.819. The van der Waals surface area contributed by atoms with Gasteiger partial charge in [0.1, 0.15) is 0 Å². The van der Waals surface area contributed by atoms with Crippen LogP contribution in [0.25, 0.3) is 0 Å². The second-order valence-electron chi connectivity index (χ2n) is 4.90. The molecule has 1 aliphatic heterocycles. The Morgan fingerprint density at radius 2 is 1.90 bits per heavy atom. The maximum Gasteiger partial charge on any atom is 0.254 e. The van der Waals surface area contributed by atoms with Crippen LogP contribution >= 0.6 is 0 Å². The summed E-state index contributed by atoms with van der Waals surface area (Å²) >= 11 is 0. The van der Waals surface area contributed by atoms with Crippen molar-refractivity contribution >= 4 is 5.91 Å². The maximum absolute atomic E-state index is 13.2. The number of piperazine rings is 1. The Morgan fingerprint density at radius 1 is 1.30 bits per heavy atom. The van der Waals surface area contributed by atoms with E-state index >= 15 is 0 Å². The number of rotatable bonds is 2. The number of hydrogen-bond acceptors (Lipinski definition) is 3. The molecule has 1 aromatic carbocycles. The molecule has 1 heterocycles. The van der Waals surface area contributed by atoms with E-state index in [2.05, 4.69) is 0 Å². The molecule has 0 aliphatic carbocycles. The number of benzene rings is 1. The van der Waals surface area contributed by atoms with Crippen molar-refractivity contribution in [2.45, 2.75) is 6.04 Å². The predicted octanol–water partition coefficient (Wildman–Crippen LogP) is 0.819. The minimum absolute atomic E-state index is 0.204. The van der Waals surface area contributed by atoms with Crippen molar-refractivity contribution in [1.29, 1.82) is 0 Å². The highest BCUT2D eigenvalue weighted by atomic mass is 19.2. The van der Waals surface area contributed by atoms with Crippen LogP contribution in [0.3, 0.4) is 0 Å². The number of nitrogens with zero attached hydrogens (tertiary/aromatic N) is 2. The van der Waals surface area contributed by atoms with E-state index in [-0.39, 0.29) is 18.2 Å². The Kier molecular flexibility index (Phi) is 4.29. The first kappa shape index (κ1) is 14.8. The van der Waals surface area contributed by atoms with E-state index in [4.69, 9.17) is 5.73 Å². The summed E-state index contributed by atoms with van der Waals surface area (Å²) in [7, 11) is 1.90. The van der Waals surface area contributed by atoms with Gasteiger partial charge in [-0.05, 0) is 19.2 Å². The number of amides is 1. The van der Waals surface area contributed by atoms with Crippen LogP contribution in [0, 0.1) is 17.5 Å². The van der Waals surface area contributed by atoms with Gasteiger partial charge in [-0.25, -0.2) is 13.2 Å². The Labute approximate surface area is 114 Å². The number of halogens is 3. The van der Waals surface area contributed by atoms with Crippen LogP contribution in [0.1, 0.15) is 10.4 Å². The third-order valence-corrected chi connectivity index (χ3v) is 3.45. The Bertz CT molecular complexity index is 501. The van der Waals surface area contributed by atoms with E-state index in [0.29, 0.717) is 31.8 Å². The number of carbonyl (C=O) groups excluding carboxylic acids is 1. The largest absolute Gasteiger partial charge is 0.332 e. The molecule has 0 saturated carbocycles. The van der Waals surface area contributed by atoms with Gasteiger partial charge in [0.05, 0.1) is 6.04 Å². The van der Waals surface area contributed by atoms with E-state index < -0.39 is 23.4 Å². The number of likely N-dealkylation sites (N-methyl/N-ethyl adjacent to an activating group) is 1. The SMILES string of the molecule is CN1CCN(C(=O)c2cc(F)c(F)c(F)c2)C(CN)C1. The first-order valence-electron chi connectivity index (χ1n) is 6.28. The van der Waals surface area contributed by atoms with Crippen molar-refractivity contribution in [3.63, 3.8) is 0 Å². The summed E-state index contributed by atoms with van der Waals surface area (Å²) in [4.78, 5) is 15.8. The fourth-order valence-electron chi connectivity index (χ4n) is 2.32.